The summed E-state index contributed by atoms with van der Waals surface area (Å²) in [5, 5.41) is 9.10. The maximum Gasteiger partial charge on any atom is 0.101 e. The largest absolute Gasteiger partial charge is 0.367 e. The van der Waals surface area contributed by atoms with E-state index in [1.807, 2.05) is 6.20 Å². The predicted octanol–water partition coefficient (Wildman–Crippen LogP) is 2.72. The Balaban J connectivity index is 2.31. The van der Waals surface area contributed by atoms with E-state index in [1.54, 1.807) is 12.3 Å². The van der Waals surface area contributed by atoms with Gasteiger partial charge in [-0.15, -0.1) is 0 Å². The lowest BCUT2D eigenvalue weighted by atomic mass is 10.1. The van der Waals surface area contributed by atoms with Gasteiger partial charge in [0.2, 0.25) is 0 Å². The van der Waals surface area contributed by atoms with Crippen LogP contribution in [0.15, 0.2) is 18.5 Å². The standard InChI is InChI=1S/C13H17N3/c1-11-5-3-2-4-8-16(11)13-10-15-7-6-12(13)9-14/h6-7,10-11H,2-5,8H2,1H3. The van der Waals surface area contributed by atoms with Crippen LogP contribution in [0.1, 0.15) is 38.2 Å². The first-order chi connectivity index (χ1) is 7.83. The lowest BCUT2D eigenvalue weighted by molar-refractivity contribution is 0.615. The van der Waals surface area contributed by atoms with Gasteiger partial charge in [0, 0.05) is 18.8 Å². The van der Waals surface area contributed by atoms with Gasteiger partial charge in [-0.2, -0.15) is 5.26 Å². The molecule has 3 heteroatoms. The van der Waals surface area contributed by atoms with E-state index in [1.165, 1.54) is 25.7 Å². The van der Waals surface area contributed by atoms with Crippen molar-refractivity contribution in [3.8, 4) is 6.07 Å². The van der Waals surface area contributed by atoms with Crippen LogP contribution in [0.5, 0.6) is 0 Å². The second-order valence-corrected chi connectivity index (χ2v) is 4.40. The van der Waals surface area contributed by atoms with Crippen LogP contribution in [0.4, 0.5) is 5.69 Å². The minimum Gasteiger partial charge on any atom is -0.367 e. The van der Waals surface area contributed by atoms with Crippen molar-refractivity contribution in [1.29, 1.82) is 5.26 Å². The fraction of sp³-hybridized carbons (Fsp3) is 0.538. The molecule has 0 radical (unpaired) electrons. The highest BCUT2D eigenvalue weighted by Gasteiger charge is 2.19. The molecule has 0 bridgehead atoms. The number of hydrogen-bond acceptors (Lipinski definition) is 3. The molecule has 1 unspecified atom stereocenters. The van der Waals surface area contributed by atoms with Gasteiger partial charge in [0.25, 0.3) is 0 Å². The molecule has 3 nitrogen and oxygen atoms in total. The number of aromatic nitrogens is 1. The summed E-state index contributed by atoms with van der Waals surface area (Å²) in [5.41, 5.74) is 1.74. The molecular formula is C13H17N3. The third kappa shape index (κ3) is 2.16. The van der Waals surface area contributed by atoms with Gasteiger partial charge in [0.1, 0.15) is 6.07 Å². The van der Waals surface area contributed by atoms with E-state index in [-0.39, 0.29) is 0 Å². The molecule has 0 saturated carbocycles. The summed E-state index contributed by atoms with van der Waals surface area (Å²) in [6, 6.07) is 4.56. The lowest BCUT2D eigenvalue weighted by Crippen LogP contribution is -2.33. The van der Waals surface area contributed by atoms with Gasteiger partial charge in [-0.1, -0.05) is 12.8 Å². The summed E-state index contributed by atoms with van der Waals surface area (Å²) in [5.74, 6) is 0. The quantitative estimate of drug-likeness (QED) is 0.723. The van der Waals surface area contributed by atoms with Crippen molar-refractivity contribution in [3.63, 3.8) is 0 Å². The summed E-state index contributed by atoms with van der Waals surface area (Å²) in [4.78, 5) is 6.47. The summed E-state index contributed by atoms with van der Waals surface area (Å²) < 4.78 is 0. The molecule has 0 N–H and O–H groups in total. The molecule has 1 aliphatic rings. The highest BCUT2D eigenvalue weighted by atomic mass is 15.2. The second-order valence-electron chi connectivity index (χ2n) is 4.40. The third-order valence-electron chi connectivity index (χ3n) is 3.28. The lowest BCUT2D eigenvalue weighted by Gasteiger charge is -2.29. The summed E-state index contributed by atoms with van der Waals surface area (Å²) >= 11 is 0. The van der Waals surface area contributed by atoms with Gasteiger partial charge in [-0.25, -0.2) is 0 Å². The van der Waals surface area contributed by atoms with Gasteiger partial charge in [0.15, 0.2) is 0 Å². The molecule has 0 aliphatic carbocycles. The van der Waals surface area contributed by atoms with E-state index in [0.29, 0.717) is 6.04 Å². The Bertz CT molecular complexity index is 394. The zero-order valence-corrected chi connectivity index (χ0v) is 9.69. The first-order valence-electron chi connectivity index (χ1n) is 5.93. The van der Waals surface area contributed by atoms with Crippen LogP contribution in [0.3, 0.4) is 0 Å². The second kappa shape index (κ2) is 4.98. The van der Waals surface area contributed by atoms with Gasteiger partial charge in [-0.05, 0) is 25.8 Å². The number of hydrogen-bond donors (Lipinski definition) is 0. The summed E-state index contributed by atoms with van der Waals surface area (Å²) in [6.45, 7) is 3.28. The van der Waals surface area contributed by atoms with E-state index in [0.717, 1.165) is 17.8 Å². The molecule has 16 heavy (non-hydrogen) atoms. The Hall–Kier alpha value is -1.56. The average molecular weight is 215 g/mol. The van der Waals surface area contributed by atoms with E-state index in [4.69, 9.17) is 5.26 Å². The number of pyridine rings is 1. The van der Waals surface area contributed by atoms with E-state index in [9.17, 15) is 0 Å². The number of nitrogens with zero attached hydrogens (tertiary/aromatic N) is 3. The SMILES string of the molecule is CC1CCCCCN1c1cnccc1C#N. The fourth-order valence-electron chi connectivity index (χ4n) is 2.34. The Morgan fingerprint density at radius 2 is 2.31 bits per heavy atom. The minimum atomic E-state index is 0.513. The van der Waals surface area contributed by atoms with Crippen LogP contribution in [0, 0.1) is 11.3 Å². The van der Waals surface area contributed by atoms with Crippen LogP contribution in [-0.4, -0.2) is 17.6 Å². The molecule has 0 spiro atoms. The molecule has 1 atom stereocenters. The van der Waals surface area contributed by atoms with Gasteiger partial charge >= 0.3 is 0 Å². The molecule has 0 amide bonds. The molecule has 0 aromatic carbocycles. The highest BCUT2D eigenvalue weighted by Crippen LogP contribution is 2.25. The van der Waals surface area contributed by atoms with Crippen molar-refractivity contribution in [3.05, 3.63) is 24.0 Å². The monoisotopic (exact) mass is 215 g/mol. The van der Waals surface area contributed by atoms with Gasteiger partial charge < -0.3 is 4.90 Å². The van der Waals surface area contributed by atoms with Crippen molar-refractivity contribution in [2.45, 2.75) is 38.6 Å². The molecule has 1 saturated heterocycles. The van der Waals surface area contributed by atoms with E-state index < -0.39 is 0 Å². The van der Waals surface area contributed by atoms with Crippen LogP contribution in [0.2, 0.25) is 0 Å². The molecule has 1 aromatic heterocycles. The molecular weight excluding hydrogens is 198 g/mol. The Morgan fingerprint density at radius 3 is 3.12 bits per heavy atom. The zero-order chi connectivity index (χ0) is 11.4. The van der Waals surface area contributed by atoms with Crippen LogP contribution in [0.25, 0.3) is 0 Å². The van der Waals surface area contributed by atoms with Crippen molar-refractivity contribution in [1.82, 2.24) is 4.98 Å². The molecule has 1 aliphatic heterocycles. The summed E-state index contributed by atoms with van der Waals surface area (Å²) in [6.07, 6.45) is 8.51. The van der Waals surface area contributed by atoms with Crippen LogP contribution < -0.4 is 4.90 Å². The fourth-order valence-corrected chi connectivity index (χ4v) is 2.34. The topological polar surface area (TPSA) is 39.9 Å². The third-order valence-corrected chi connectivity index (χ3v) is 3.28. The normalized spacial score (nSPS) is 21.2. The average Bonchev–Trinajstić information content (AvgIpc) is 2.54. The number of rotatable bonds is 1. The number of anilines is 1. The first kappa shape index (κ1) is 10.9. The van der Waals surface area contributed by atoms with Crippen LogP contribution in [-0.2, 0) is 0 Å². The smallest absolute Gasteiger partial charge is 0.101 e. The molecule has 84 valence electrons. The van der Waals surface area contributed by atoms with Gasteiger partial charge in [0.05, 0.1) is 17.4 Å². The highest BCUT2D eigenvalue weighted by molar-refractivity contribution is 5.58. The zero-order valence-electron chi connectivity index (χ0n) is 9.69. The molecule has 2 rings (SSSR count). The molecule has 1 fully saturated rings. The van der Waals surface area contributed by atoms with E-state index >= 15 is 0 Å². The Kier molecular flexibility index (Phi) is 3.40. The van der Waals surface area contributed by atoms with Crippen molar-refractivity contribution < 1.29 is 0 Å². The van der Waals surface area contributed by atoms with Crippen molar-refractivity contribution in [2.24, 2.45) is 0 Å². The maximum atomic E-state index is 9.10. The first-order valence-corrected chi connectivity index (χ1v) is 5.93. The van der Waals surface area contributed by atoms with Gasteiger partial charge in [-0.3, -0.25) is 4.98 Å². The summed E-state index contributed by atoms with van der Waals surface area (Å²) in [7, 11) is 0. The van der Waals surface area contributed by atoms with Crippen molar-refractivity contribution >= 4 is 5.69 Å². The minimum absolute atomic E-state index is 0.513. The van der Waals surface area contributed by atoms with E-state index in [2.05, 4.69) is 22.9 Å². The Labute approximate surface area is 96.7 Å². The molecule has 1 aromatic rings. The van der Waals surface area contributed by atoms with Crippen molar-refractivity contribution in [2.75, 3.05) is 11.4 Å². The molecule has 2 heterocycles. The Morgan fingerprint density at radius 1 is 1.44 bits per heavy atom. The maximum absolute atomic E-state index is 9.10. The predicted molar refractivity (Wildman–Crippen MR) is 64.2 cm³/mol. The number of nitriles is 1. The van der Waals surface area contributed by atoms with Crippen LogP contribution >= 0.6 is 0 Å².